The van der Waals surface area contributed by atoms with E-state index in [1.54, 1.807) is 0 Å². The number of aliphatic hydroxyl groups is 1. The Kier molecular flexibility index (Phi) is 4.72. The van der Waals surface area contributed by atoms with Crippen LogP contribution in [0, 0.1) is 12.3 Å². The second kappa shape index (κ2) is 5.65. The highest BCUT2D eigenvalue weighted by atomic mass is 16.3. The molecule has 0 radical (unpaired) electrons. The largest absolute Gasteiger partial charge is 0.387 e. The van der Waals surface area contributed by atoms with Gasteiger partial charge in [-0.3, -0.25) is 0 Å². The zero-order chi connectivity index (χ0) is 13.1. The topological polar surface area (TPSA) is 32.3 Å². The summed E-state index contributed by atoms with van der Waals surface area (Å²) in [4.78, 5) is 0. The Morgan fingerprint density at radius 3 is 2.47 bits per heavy atom. The van der Waals surface area contributed by atoms with Gasteiger partial charge in [-0.25, -0.2) is 0 Å². The van der Waals surface area contributed by atoms with Crippen LogP contribution in [0.15, 0.2) is 24.3 Å². The Bertz CT molecular complexity index is 354. The number of aliphatic hydroxyl groups excluding tert-OH is 1. The zero-order valence-corrected chi connectivity index (χ0v) is 11.6. The molecular weight excluding hydrogens is 210 g/mol. The van der Waals surface area contributed by atoms with Gasteiger partial charge in [-0.1, -0.05) is 50.6 Å². The fourth-order valence-electron chi connectivity index (χ4n) is 1.59. The van der Waals surface area contributed by atoms with Crippen LogP contribution in [0.1, 0.15) is 44.9 Å². The molecule has 96 valence electrons. The molecule has 0 aliphatic carbocycles. The summed E-state index contributed by atoms with van der Waals surface area (Å²) < 4.78 is 0. The van der Waals surface area contributed by atoms with E-state index in [4.69, 9.17) is 0 Å². The van der Waals surface area contributed by atoms with Crippen molar-refractivity contribution in [3.63, 3.8) is 0 Å². The highest BCUT2D eigenvalue weighted by molar-refractivity contribution is 5.24. The lowest BCUT2D eigenvalue weighted by molar-refractivity contribution is 0.158. The minimum absolute atomic E-state index is 0.215. The quantitative estimate of drug-likeness (QED) is 0.840. The van der Waals surface area contributed by atoms with Gasteiger partial charge in [-0.05, 0) is 24.8 Å². The third-order valence-corrected chi connectivity index (χ3v) is 3.34. The number of rotatable bonds is 4. The summed E-state index contributed by atoms with van der Waals surface area (Å²) in [6.45, 7) is 11.4. The van der Waals surface area contributed by atoms with Gasteiger partial charge in [0.2, 0.25) is 0 Å². The molecule has 0 fully saturated rings. The van der Waals surface area contributed by atoms with Crippen molar-refractivity contribution in [2.75, 3.05) is 6.54 Å². The normalized spacial score (nSPS) is 15.6. The van der Waals surface area contributed by atoms with Gasteiger partial charge in [0, 0.05) is 12.6 Å². The van der Waals surface area contributed by atoms with E-state index in [2.05, 4.69) is 33.0 Å². The molecule has 1 aromatic rings. The first kappa shape index (κ1) is 14.2. The van der Waals surface area contributed by atoms with Gasteiger partial charge < -0.3 is 10.4 Å². The Labute approximate surface area is 105 Å². The second-order valence-corrected chi connectivity index (χ2v) is 5.93. The summed E-state index contributed by atoms with van der Waals surface area (Å²) in [7, 11) is 0. The molecular formula is C15H25NO. The van der Waals surface area contributed by atoms with Gasteiger partial charge >= 0.3 is 0 Å². The molecule has 0 spiro atoms. The first-order chi connectivity index (χ1) is 7.80. The number of benzene rings is 1. The molecule has 2 atom stereocenters. The second-order valence-electron chi connectivity index (χ2n) is 5.93. The maximum absolute atomic E-state index is 10.1. The summed E-state index contributed by atoms with van der Waals surface area (Å²) in [6.07, 6.45) is -0.431. The summed E-state index contributed by atoms with van der Waals surface area (Å²) >= 11 is 0. The molecule has 2 heteroatoms. The molecule has 0 aromatic heterocycles. The molecule has 0 saturated heterocycles. The van der Waals surface area contributed by atoms with Crippen molar-refractivity contribution in [2.45, 2.75) is 46.8 Å². The predicted octanol–water partition coefficient (Wildman–Crippen LogP) is 3.05. The highest BCUT2D eigenvalue weighted by Gasteiger charge is 2.20. The van der Waals surface area contributed by atoms with Crippen molar-refractivity contribution in [2.24, 2.45) is 5.41 Å². The molecule has 17 heavy (non-hydrogen) atoms. The maximum Gasteiger partial charge on any atom is 0.0914 e. The van der Waals surface area contributed by atoms with Crippen LogP contribution in [0.25, 0.3) is 0 Å². The van der Waals surface area contributed by atoms with Crippen molar-refractivity contribution < 1.29 is 5.11 Å². The third kappa shape index (κ3) is 4.49. The Morgan fingerprint density at radius 2 is 1.94 bits per heavy atom. The van der Waals surface area contributed by atoms with E-state index < -0.39 is 6.10 Å². The molecule has 0 bridgehead atoms. The maximum atomic E-state index is 10.1. The number of hydrogen-bond donors (Lipinski definition) is 2. The summed E-state index contributed by atoms with van der Waals surface area (Å²) in [5, 5.41) is 13.5. The van der Waals surface area contributed by atoms with E-state index in [0.717, 1.165) is 5.56 Å². The highest BCUT2D eigenvalue weighted by Crippen LogP contribution is 2.20. The van der Waals surface area contributed by atoms with Crippen LogP contribution < -0.4 is 5.32 Å². The number of hydrogen-bond acceptors (Lipinski definition) is 2. The Morgan fingerprint density at radius 1 is 1.29 bits per heavy atom. The number of aryl methyl sites for hydroxylation is 1. The van der Waals surface area contributed by atoms with Gasteiger partial charge in [-0.15, -0.1) is 0 Å². The minimum atomic E-state index is -0.431. The molecule has 2 unspecified atom stereocenters. The van der Waals surface area contributed by atoms with E-state index in [-0.39, 0.29) is 5.41 Å². The molecule has 0 saturated carbocycles. The van der Waals surface area contributed by atoms with Crippen molar-refractivity contribution in [1.82, 2.24) is 5.32 Å². The fourth-order valence-corrected chi connectivity index (χ4v) is 1.59. The van der Waals surface area contributed by atoms with Crippen molar-refractivity contribution in [3.8, 4) is 0 Å². The van der Waals surface area contributed by atoms with Gasteiger partial charge in [0.1, 0.15) is 0 Å². The minimum Gasteiger partial charge on any atom is -0.387 e. The summed E-state index contributed by atoms with van der Waals surface area (Å²) in [5.74, 6) is 0. The van der Waals surface area contributed by atoms with Crippen molar-refractivity contribution in [3.05, 3.63) is 35.4 Å². The van der Waals surface area contributed by atoms with Crippen LogP contribution in [-0.4, -0.2) is 17.7 Å². The number of nitrogens with one attached hydrogen (secondary N) is 1. The van der Waals surface area contributed by atoms with Crippen LogP contribution in [0.4, 0.5) is 0 Å². The van der Waals surface area contributed by atoms with Gasteiger partial charge in [0.15, 0.2) is 0 Å². The Hall–Kier alpha value is -0.860. The van der Waals surface area contributed by atoms with Gasteiger partial charge in [0.05, 0.1) is 6.10 Å². The predicted molar refractivity (Wildman–Crippen MR) is 73.1 cm³/mol. The van der Waals surface area contributed by atoms with E-state index >= 15 is 0 Å². The molecule has 2 nitrogen and oxygen atoms in total. The van der Waals surface area contributed by atoms with Crippen molar-refractivity contribution in [1.29, 1.82) is 0 Å². The lowest BCUT2D eigenvalue weighted by Gasteiger charge is -2.29. The van der Waals surface area contributed by atoms with Crippen LogP contribution >= 0.6 is 0 Å². The molecule has 1 rings (SSSR count). The average molecular weight is 235 g/mol. The monoisotopic (exact) mass is 235 g/mol. The first-order valence-corrected chi connectivity index (χ1v) is 6.28. The van der Waals surface area contributed by atoms with Crippen LogP contribution in [0.3, 0.4) is 0 Å². The third-order valence-electron chi connectivity index (χ3n) is 3.34. The average Bonchev–Trinajstić information content (AvgIpc) is 2.24. The van der Waals surface area contributed by atoms with E-state index in [0.29, 0.717) is 12.6 Å². The standard InChI is InChI=1S/C15H25NO/c1-11-7-6-8-13(9-11)14(17)10-16-12(2)15(3,4)5/h6-9,12,14,16-17H,10H2,1-5H3. The van der Waals surface area contributed by atoms with E-state index in [1.165, 1.54) is 5.56 Å². The fraction of sp³-hybridized carbons (Fsp3) is 0.600. The van der Waals surface area contributed by atoms with Gasteiger partial charge in [0.25, 0.3) is 0 Å². The molecule has 0 aliphatic rings. The molecule has 0 aliphatic heterocycles. The van der Waals surface area contributed by atoms with E-state index in [9.17, 15) is 5.11 Å². The van der Waals surface area contributed by atoms with Crippen molar-refractivity contribution >= 4 is 0 Å². The Balaban J connectivity index is 2.53. The van der Waals surface area contributed by atoms with Crippen LogP contribution in [0.2, 0.25) is 0 Å². The lowest BCUT2D eigenvalue weighted by Crippen LogP contribution is -2.39. The smallest absolute Gasteiger partial charge is 0.0914 e. The summed E-state index contributed by atoms with van der Waals surface area (Å²) in [6, 6.07) is 8.42. The molecule has 1 aromatic carbocycles. The molecule has 0 heterocycles. The van der Waals surface area contributed by atoms with Crippen LogP contribution in [-0.2, 0) is 0 Å². The van der Waals surface area contributed by atoms with Gasteiger partial charge in [-0.2, -0.15) is 0 Å². The summed E-state index contributed by atoms with van der Waals surface area (Å²) in [5.41, 5.74) is 2.39. The molecule has 2 N–H and O–H groups in total. The van der Waals surface area contributed by atoms with Crippen LogP contribution in [0.5, 0.6) is 0 Å². The first-order valence-electron chi connectivity index (χ1n) is 6.28. The SMILES string of the molecule is Cc1cccc(C(O)CNC(C)C(C)(C)C)c1. The lowest BCUT2D eigenvalue weighted by atomic mass is 9.88. The zero-order valence-electron chi connectivity index (χ0n) is 11.6. The van der Waals surface area contributed by atoms with E-state index in [1.807, 2.05) is 31.2 Å². The molecule has 0 amide bonds.